The van der Waals surface area contributed by atoms with E-state index in [1.807, 2.05) is 54.8 Å². The molecule has 0 fully saturated rings. The summed E-state index contributed by atoms with van der Waals surface area (Å²) in [6.07, 6.45) is 1.66. The first-order valence-corrected chi connectivity index (χ1v) is 11.5. The molecule has 0 saturated carbocycles. The summed E-state index contributed by atoms with van der Waals surface area (Å²) in [5.41, 5.74) is 5.42. The fourth-order valence-electron chi connectivity index (χ4n) is 4.32. The highest BCUT2D eigenvalue weighted by Crippen LogP contribution is 2.29. The molecule has 0 aliphatic heterocycles. The summed E-state index contributed by atoms with van der Waals surface area (Å²) in [7, 11) is 0. The number of hydrogen-bond acceptors (Lipinski definition) is 5. The van der Waals surface area contributed by atoms with Gasteiger partial charge in [0.05, 0.1) is 11.0 Å². The number of aromatic nitrogens is 5. The maximum atomic E-state index is 13.7. The Morgan fingerprint density at radius 3 is 2.48 bits per heavy atom. The van der Waals surface area contributed by atoms with E-state index in [1.54, 1.807) is 4.57 Å². The van der Waals surface area contributed by atoms with Gasteiger partial charge in [-0.15, -0.1) is 0 Å². The van der Waals surface area contributed by atoms with E-state index in [2.05, 4.69) is 19.1 Å². The molecule has 0 radical (unpaired) electrons. The predicted octanol–water partition coefficient (Wildman–Crippen LogP) is 4.58. The lowest BCUT2D eigenvalue weighted by atomic mass is 10.1. The highest BCUT2D eigenvalue weighted by molar-refractivity contribution is 6.05. The minimum Gasteiger partial charge on any atom is -0.382 e. The highest BCUT2D eigenvalue weighted by Gasteiger charge is 2.22. The second kappa shape index (κ2) is 8.75. The fraction of sp³-hybridized carbons (Fsp3) is 0.308. The second-order valence-corrected chi connectivity index (χ2v) is 8.11. The molecule has 5 rings (SSSR count). The van der Waals surface area contributed by atoms with Gasteiger partial charge in [-0.1, -0.05) is 31.2 Å². The number of aryl methyl sites for hydroxylation is 2. The first-order chi connectivity index (χ1) is 16.1. The van der Waals surface area contributed by atoms with Gasteiger partial charge in [-0.2, -0.15) is 0 Å². The van der Waals surface area contributed by atoms with Crippen molar-refractivity contribution >= 4 is 33.2 Å². The monoisotopic (exact) mass is 441 g/mol. The zero-order valence-electron chi connectivity index (χ0n) is 19.2. The summed E-state index contributed by atoms with van der Waals surface area (Å²) < 4.78 is 9.16. The molecule has 0 N–H and O–H groups in total. The van der Waals surface area contributed by atoms with Crippen LogP contribution in [0.5, 0.6) is 0 Å². The van der Waals surface area contributed by atoms with Crippen LogP contribution in [-0.4, -0.2) is 37.3 Å². The Hall–Kier alpha value is -3.58. The largest absolute Gasteiger partial charge is 0.382 e. The van der Waals surface area contributed by atoms with Crippen molar-refractivity contribution in [3.05, 3.63) is 70.3 Å². The van der Waals surface area contributed by atoms with Crippen LogP contribution < -0.4 is 5.56 Å². The number of benzene rings is 2. The number of para-hydroxylation sites is 2. The Morgan fingerprint density at radius 2 is 1.73 bits per heavy atom. The molecule has 0 aliphatic carbocycles. The Labute approximate surface area is 191 Å². The van der Waals surface area contributed by atoms with Gasteiger partial charge in [0.2, 0.25) is 0 Å². The van der Waals surface area contributed by atoms with Crippen molar-refractivity contribution in [3.8, 4) is 5.69 Å². The van der Waals surface area contributed by atoms with Crippen molar-refractivity contribution in [1.82, 2.24) is 24.1 Å². The Kier molecular flexibility index (Phi) is 5.64. The van der Waals surface area contributed by atoms with E-state index in [9.17, 15) is 4.79 Å². The van der Waals surface area contributed by atoms with Crippen molar-refractivity contribution in [2.45, 2.75) is 40.2 Å². The molecule has 0 saturated heterocycles. The van der Waals surface area contributed by atoms with E-state index in [4.69, 9.17) is 19.7 Å². The van der Waals surface area contributed by atoms with Crippen LogP contribution in [0, 0.1) is 6.92 Å². The molecule has 0 aliphatic rings. The molecule has 5 aromatic rings. The zero-order chi connectivity index (χ0) is 22.9. The normalized spacial score (nSPS) is 11.7. The highest BCUT2D eigenvalue weighted by atomic mass is 16.5. The quantitative estimate of drug-likeness (QED) is 0.346. The molecule has 33 heavy (non-hydrogen) atoms. The van der Waals surface area contributed by atoms with Gasteiger partial charge in [0.1, 0.15) is 16.7 Å². The van der Waals surface area contributed by atoms with Crippen LogP contribution in [0.15, 0.2) is 53.3 Å². The molecule has 0 atom stereocenters. The van der Waals surface area contributed by atoms with Crippen molar-refractivity contribution in [2.75, 3.05) is 13.2 Å². The van der Waals surface area contributed by atoms with Crippen LogP contribution in [-0.2, 0) is 17.7 Å². The topological polar surface area (TPSA) is 74.8 Å². The van der Waals surface area contributed by atoms with E-state index in [0.29, 0.717) is 47.8 Å². The van der Waals surface area contributed by atoms with E-state index < -0.39 is 0 Å². The third kappa shape index (κ3) is 3.68. The first-order valence-electron chi connectivity index (χ1n) is 11.5. The molecule has 3 heterocycles. The average Bonchev–Trinajstić information content (AvgIpc) is 3.14. The van der Waals surface area contributed by atoms with Gasteiger partial charge in [-0.25, -0.2) is 15.0 Å². The first kappa shape index (κ1) is 21.3. The lowest BCUT2D eigenvalue weighted by Crippen LogP contribution is -2.24. The van der Waals surface area contributed by atoms with E-state index in [1.165, 1.54) is 5.56 Å². The summed E-state index contributed by atoms with van der Waals surface area (Å²) in [5.74, 6) is 0.671. The van der Waals surface area contributed by atoms with Gasteiger partial charge < -0.3 is 4.74 Å². The molecule has 0 unspecified atom stereocenters. The Bertz CT molecular complexity index is 1530. The third-order valence-electron chi connectivity index (χ3n) is 6.01. The van der Waals surface area contributed by atoms with Crippen LogP contribution in [0.4, 0.5) is 0 Å². The summed E-state index contributed by atoms with van der Waals surface area (Å²) in [6, 6.07) is 16.0. The molecule has 7 nitrogen and oxygen atoms in total. The third-order valence-corrected chi connectivity index (χ3v) is 6.01. The number of rotatable bonds is 7. The molecule has 168 valence electrons. The SMILES string of the molecule is CCOCCCn1c(C)nc2c(c1=O)c1nc3ccccc3nc1n2-c1cccc(CC)c1. The molecule has 7 heteroatoms. The zero-order valence-corrected chi connectivity index (χ0v) is 19.2. The number of fused-ring (bicyclic) bond motifs is 4. The maximum absolute atomic E-state index is 13.7. The molecule has 2 aromatic carbocycles. The van der Waals surface area contributed by atoms with Crippen molar-refractivity contribution < 1.29 is 4.74 Å². The number of ether oxygens (including phenoxy) is 1. The fourth-order valence-corrected chi connectivity index (χ4v) is 4.32. The van der Waals surface area contributed by atoms with Crippen LogP contribution in [0.1, 0.15) is 31.7 Å². The van der Waals surface area contributed by atoms with Gasteiger partial charge in [0.15, 0.2) is 11.3 Å². The summed E-state index contributed by atoms with van der Waals surface area (Å²) in [5, 5.41) is 0.507. The Balaban J connectivity index is 1.84. The average molecular weight is 442 g/mol. The minimum absolute atomic E-state index is 0.0889. The molecular formula is C26H27N5O2. The van der Waals surface area contributed by atoms with Crippen LogP contribution >= 0.6 is 0 Å². The van der Waals surface area contributed by atoms with E-state index in [-0.39, 0.29) is 5.56 Å². The summed E-state index contributed by atoms with van der Waals surface area (Å²) in [6.45, 7) is 7.79. The molecular weight excluding hydrogens is 414 g/mol. The minimum atomic E-state index is -0.0889. The van der Waals surface area contributed by atoms with Gasteiger partial charge in [-0.05, 0) is 56.5 Å². The van der Waals surface area contributed by atoms with E-state index >= 15 is 0 Å². The smallest absolute Gasteiger partial charge is 0.265 e. The van der Waals surface area contributed by atoms with Crippen molar-refractivity contribution in [2.24, 2.45) is 0 Å². The predicted molar refractivity (Wildman–Crippen MR) is 131 cm³/mol. The lowest BCUT2D eigenvalue weighted by molar-refractivity contribution is 0.141. The molecule has 0 spiro atoms. The van der Waals surface area contributed by atoms with Gasteiger partial charge in [-0.3, -0.25) is 13.9 Å². The van der Waals surface area contributed by atoms with Gasteiger partial charge in [0.25, 0.3) is 5.56 Å². The summed E-state index contributed by atoms with van der Waals surface area (Å²) >= 11 is 0. The molecule has 0 amide bonds. The van der Waals surface area contributed by atoms with Gasteiger partial charge >= 0.3 is 0 Å². The van der Waals surface area contributed by atoms with Crippen molar-refractivity contribution in [3.63, 3.8) is 0 Å². The molecule has 3 aromatic heterocycles. The Morgan fingerprint density at radius 1 is 0.939 bits per heavy atom. The van der Waals surface area contributed by atoms with Crippen molar-refractivity contribution in [1.29, 1.82) is 0 Å². The van der Waals surface area contributed by atoms with Crippen LogP contribution in [0.3, 0.4) is 0 Å². The standard InChI is InChI=1S/C26H27N5O2/c1-4-18-10-8-11-19(16-18)31-24-22(23-25(31)29-21-13-7-6-12-20(21)28-23)26(32)30(17(3)27-24)14-9-15-33-5-2/h6-8,10-13,16H,4-5,9,14-15H2,1-3H3. The van der Waals surface area contributed by atoms with Crippen LogP contribution in [0.25, 0.3) is 38.9 Å². The van der Waals surface area contributed by atoms with E-state index in [0.717, 1.165) is 29.6 Å². The molecule has 0 bridgehead atoms. The number of hydrogen-bond donors (Lipinski definition) is 0. The number of nitrogens with zero attached hydrogens (tertiary/aromatic N) is 5. The lowest BCUT2D eigenvalue weighted by Gasteiger charge is -2.11. The van der Waals surface area contributed by atoms with Crippen LogP contribution in [0.2, 0.25) is 0 Å². The second-order valence-electron chi connectivity index (χ2n) is 8.11. The summed E-state index contributed by atoms with van der Waals surface area (Å²) in [4.78, 5) is 28.4. The van der Waals surface area contributed by atoms with Gasteiger partial charge in [0, 0.05) is 25.4 Å². The maximum Gasteiger partial charge on any atom is 0.265 e.